The molecule has 0 aromatic heterocycles. The Labute approximate surface area is 375 Å². The van der Waals surface area contributed by atoms with Crippen molar-refractivity contribution in [1.82, 2.24) is 5.32 Å². The number of hydrogen-bond donors (Lipinski definition) is 4. The minimum atomic E-state index is -1.07. The van der Waals surface area contributed by atoms with Crippen molar-refractivity contribution in [2.24, 2.45) is 0 Å². The molecule has 0 aliphatic heterocycles. The second-order valence-corrected chi connectivity index (χ2v) is 18.8. The molecule has 3 unspecified atom stereocenters. The van der Waals surface area contributed by atoms with Gasteiger partial charge in [-0.05, 0) is 44.9 Å². The lowest BCUT2D eigenvalue weighted by molar-refractivity contribution is -0.131. The molecule has 1 amide bonds. The Kier molecular flexibility index (Phi) is 49.5. The van der Waals surface area contributed by atoms with Gasteiger partial charge in [0.25, 0.3) is 0 Å². The molecule has 0 radical (unpaired) electrons. The molecule has 0 fully saturated rings. The molecule has 60 heavy (non-hydrogen) atoms. The van der Waals surface area contributed by atoms with E-state index in [-0.39, 0.29) is 6.61 Å². The lowest BCUT2D eigenvalue weighted by atomic mass is 10.0. The van der Waals surface area contributed by atoms with Crippen molar-refractivity contribution in [3.05, 3.63) is 24.3 Å². The maximum atomic E-state index is 12.5. The SMILES string of the molecule is CCCCCCCCCCC/C=C\C/C=C\CCCCCCCCCCCCCCCCC(O)C(=O)NC(CO)C(O)CCCCCCCCCCCCCCCCCC. The standard InChI is InChI=1S/C55H107NO4/c1-3-5-7-9-11-13-15-17-19-21-22-23-24-25-26-27-28-29-30-31-32-33-34-36-38-40-42-44-46-48-50-54(59)55(60)56-52(51-57)53(58)49-47-45-43-41-39-37-35-20-18-16-14-12-10-8-6-4-2/h22-23,25-26,52-54,57-59H,3-21,24,27-51H2,1-2H3,(H,56,60)/b23-22-,26-25-. The van der Waals surface area contributed by atoms with Crippen LogP contribution in [0.15, 0.2) is 24.3 Å². The van der Waals surface area contributed by atoms with Gasteiger partial charge in [-0.2, -0.15) is 0 Å². The summed E-state index contributed by atoms with van der Waals surface area (Å²) in [5, 5.41) is 33.5. The molecule has 4 N–H and O–H groups in total. The smallest absolute Gasteiger partial charge is 0.249 e. The van der Waals surface area contributed by atoms with Gasteiger partial charge < -0.3 is 20.6 Å². The van der Waals surface area contributed by atoms with Gasteiger partial charge in [-0.3, -0.25) is 4.79 Å². The van der Waals surface area contributed by atoms with Crippen LogP contribution in [0.5, 0.6) is 0 Å². The molecule has 0 rings (SSSR count). The van der Waals surface area contributed by atoms with Gasteiger partial charge >= 0.3 is 0 Å². The number of allylic oxidation sites excluding steroid dienone is 4. The molecule has 0 heterocycles. The molecular weight excluding hydrogens is 739 g/mol. The summed E-state index contributed by atoms with van der Waals surface area (Å²) in [5.74, 6) is -0.467. The van der Waals surface area contributed by atoms with Crippen LogP contribution in [-0.4, -0.2) is 46.1 Å². The number of carbonyl (C=O) groups is 1. The van der Waals surface area contributed by atoms with E-state index in [1.54, 1.807) is 0 Å². The van der Waals surface area contributed by atoms with Crippen LogP contribution < -0.4 is 5.32 Å². The van der Waals surface area contributed by atoms with Crippen LogP contribution in [0.3, 0.4) is 0 Å². The molecule has 356 valence electrons. The highest BCUT2D eigenvalue weighted by Crippen LogP contribution is 2.17. The maximum absolute atomic E-state index is 12.5. The van der Waals surface area contributed by atoms with Crippen LogP contribution >= 0.6 is 0 Å². The lowest BCUT2D eigenvalue weighted by Gasteiger charge is -2.23. The van der Waals surface area contributed by atoms with Crippen molar-refractivity contribution < 1.29 is 20.1 Å². The van der Waals surface area contributed by atoms with Crippen LogP contribution in [0.25, 0.3) is 0 Å². The molecule has 0 spiro atoms. The van der Waals surface area contributed by atoms with E-state index in [1.165, 1.54) is 231 Å². The predicted molar refractivity (Wildman–Crippen MR) is 264 cm³/mol. The van der Waals surface area contributed by atoms with Crippen molar-refractivity contribution in [2.75, 3.05) is 6.61 Å². The van der Waals surface area contributed by atoms with Gasteiger partial charge in [0.1, 0.15) is 6.10 Å². The fraction of sp³-hybridized carbons (Fsp3) is 0.909. The highest BCUT2D eigenvalue weighted by Gasteiger charge is 2.23. The topological polar surface area (TPSA) is 89.8 Å². The molecule has 0 saturated heterocycles. The number of aliphatic hydroxyl groups excluding tert-OH is 3. The number of rotatable bonds is 50. The molecule has 3 atom stereocenters. The third kappa shape index (κ3) is 44.9. The van der Waals surface area contributed by atoms with Crippen molar-refractivity contribution in [3.8, 4) is 0 Å². The normalized spacial score (nSPS) is 13.5. The number of nitrogens with one attached hydrogen (secondary N) is 1. The maximum Gasteiger partial charge on any atom is 0.249 e. The van der Waals surface area contributed by atoms with Gasteiger partial charge in [0, 0.05) is 0 Å². The summed E-state index contributed by atoms with van der Waals surface area (Å²) in [6.45, 7) is 4.26. The Morgan fingerprint density at radius 2 is 0.683 bits per heavy atom. The minimum Gasteiger partial charge on any atom is -0.394 e. The van der Waals surface area contributed by atoms with Crippen molar-refractivity contribution in [2.45, 2.75) is 315 Å². The van der Waals surface area contributed by atoms with E-state index in [2.05, 4.69) is 43.5 Å². The summed E-state index contributed by atoms with van der Waals surface area (Å²) >= 11 is 0. The van der Waals surface area contributed by atoms with Crippen LogP contribution in [0.2, 0.25) is 0 Å². The molecule has 0 aliphatic rings. The van der Waals surface area contributed by atoms with E-state index in [0.29, 0.717) is 12.8 Å². The molecule has 5 nitrogen and oxygen atoms in total. The minimum absolute atomic E-state index is 0.311. The second-order valence-electron chi connectivity index (χ2n) is 18.8. The first kappa shape index (κ1) is 58.8. The van der Waals surface area contributed by atoms with E-state index in [0.717, 1.165) is 38.5 Å². The highest BCUT2D eigenvalue weighted by molar-refractivity contribution is 5.80. The van der Waals surface area contributed by atoms with Crippen LogP contribution in [0, 0.1) is 0 Å². The number of aliphatic hydroxyl groups is 3. The molecule has 0 bridgehead atoms. The van der Waals surface area contributed by atoms with Gasteiger partial charge in [0.2, 0.25) is 5.91 Å². The Balaban J connectivity index is 3.52. The van der Waals surface area contributed by atoms with Crippen molar-refractivity contribution in [1.29, 1.82) is 0 Å². The largest absolute Gasteiger partial charge is 0.394 e. The quantitative estimate of drug-likeness (QED) is 0.0363. The monoisotopic (exact) mass is 846 g/mol. The fourth-order valence-corrected chi connectivity index (χ4v) is 8.58. The number of amides is 1. The van der Waals surface area contributed by atoms with Gasteiger partial charge in [0.05, 0.1) is 18.8 Å². The van der Waals surface area contributed by atoms with E-state index < -0.39 is 24.2 Å². The molecule has 5 heteroatoms. The first-order valence-electron chi connectivity index (χ1n) is 27.1. The van der Waals surface area contributed by atoms with E-state index in [4.69, 9.17) is 0 Å². The van der Waals surface area contributed by atoms with Gasteiger partial charge in [0.15, 0.2) is 0 Å². The zero-order valence-corrected chi connectivity index (χ0v) is 40.6. The summed E-state index contributed by atoms with van der Waals surface area (Å²) in [5.41, 5.74) is 0. The molecule has 0 aromatic rings. The average molecular weight is 846 g/mol. The Hall–Kier alpha value is -1.17. The van der Waals surface area contributed by atoms with Crippen molar-refractivity contribution >= 4 is 5.91 Å². The zero-order chi connectivity index (χ0) is 43.7. The first-order chi connectivity index (χ1) is 29.6. The summed E-state index contributed by atoms with van der Waals surface area (Å²) in [7, 11) is 0. The third-order valence-electron chi connectivity index (χ3n) is 12.8. The summed E-state index contributed by atoms with van der Waals surface area (Å²) < 4.78 is 0. The number of hydrogen-bond acceptors (Lipinski definition) is 4. The molecular formula is C55H107NO4. The predicted octanol–water partition coefficient (Wildman–Crippen LogP) is 16.5. The van der Waals surface area contributed by atoms with E-state index in [9.17, 15) is 20.1 Å². The molecule has 0 aliphatic carbocycles. The molecule has 0 saturated carbocycles. The number of carbonyl (C=O) groups excluding carboxylic acids is 1. The Morgan fingerprint density at radius 3 is 1.00 bits per heavy atom. The first-order valence-corrected chi connectivity index (χ1v) is 27.1. The van der Waals surface area contributed by atoms with Crippen LogP contribution in [0.1, 0.15) is 296 Å². The lowest BCUT2D eigenvalue weighted by Crippen LogP contribution is -2.49. The summed E-state index contributed by atoms with van der Waals surface area (Å²) in [6, 6.07) is -0.710. The van der Waals surface area contributed by atoms with Gasteiger partial charge in [-0.25, -0.2) is 0 Å². The Bertz CT molecular complexity index is 890. The summed E-state index contributed by atoms with van der Waals surface area (Å²) in [4.78, 5) is 12.5. The molecule has 0 aromatic carbocycles. The highest BCUT2D eigenvalue weighted by atomic mass is 16.3. The third-order valence-corrected chi connectivity index (χ3v) is 12.8. The average Bonchev–Trinajstić information content (AvgIpc) is 3.25. The van der Waals surface area contributed by atoms with Crippen LogP contribution in [-0.2, 0) is 4.79 Å². The summed E-state index contributed by atoms with van der Waals surface area (Å²) in [6.07, 6.45) is 63.6. The van der Waals surface area contributed by atoms with Crippen LogP contribution in [0.4, 0.5) is 0 Å². The second kappa shape index (κ2) is 50.5. The van der Waals surface area contributed by atoms with E-state index in [1.807, 2.05) is 0 Å². The van der Waals surface area contributed by atoms with Gasteiger partial charge in [-0.1, -0.05) is 276 Å². The van der Waals surface area contributed by atoms with E-state index >= 15 is 0 Å². The van der Waals surface area contributed by atoms with Gasteiger partial charge in [-0.15, -0.1) is 0 Å². The van der Waals surface area contributed by atoms with Crippen molar-refractivity contribution in [3.63, 3.8) is 0 Å². The number of unbranched alkanes of at least 4 members (excludes halogenated alkanes) is 38. The zero-order valence-electron chi connectivity index (χ0n) is 40.6. The Morgan fingerprint density at radius 1 is 0.400 bits per heavy atom. The fourth-order valence-electron chi connectivity index (χ4n) is 8.58.